The second-order valence-corrected chi connectivity index (χ2v) is 5.78. The van der Waals surface area contributed by atoms with Crippen LogP contribution in [0.15, 0.2) is 57.4 Å². The van der Waals surface area contributed by atoms with Crippen LogP contribution in [0.4, 0.5) is 6.01 Å². The minimum Gasteiger partial charge on any atom is -0.496 e. The van der Waals surface area contributed by atoms with Crippen LogP contribution in [0.25, 0.3) is 22.4 Å². The lowest BCUT2D eigenvalue weighted by molar-refractivity contribution is 0.0995. The van der Waals surface area contributed by atoms with Gasteiger partial charge in [-0.25, -0.2) is 0 Å². The third-order valence-electron chi connectivity index (χ3n) is 4.01. The molecular formula is C20H17N3O5. The summed E-state index contributed by atoms with van der Waals surface area (Å²) in [6.45, 7) is 2.37. The zero-order valence-corrected chi connectivity index (χ0v) is 15.3. The molecule has 4 rings (SSSR count). The first kappa shape index (κ1) is 17.6. The summed E-state index contributed by atoms with van der Waals surface area (Å²) in [7, 11) is 1.55. The van der Waals surface area contributed by atoms with E-state index in [1.807, 2.05) is 31.2 Å². The first-order valence-electron chi connectivity index (χ1n) is 8.63. The summed E-state index contributed by atoms with van der Waals surface area (Å²) in [6.07, 6.45) is 0. The fourth-order valence-corrected chi connectivity index (χ4v) is 2.78. The number of aromatic nitrogens is 2. The minimum absolute atomic E-state index is 0.0450. The molecule has 0 aliphatic carbocycles. The molecule has 2 heterocycles. The van der Waals surface area contributed by atoms with Gasteiger partial charge in [0.05, 0.1) is 19.3 Å². The summed E-state index contributed by atoms with van der Waals surface area (Å²) in [5, 5.41) is 11.1. The molecule has 1 amide bonds. The van der Waals surface area contributed by atoms with Gasteiger partial charge in [-0.05, 0) is 31.2 Å². The lowest BCUT2D eigenvalue weighted by Gasteiger charge is -2.03. The molecule has 0 saturated heterocycles. The van der Waals surface area contributed by atoms with Crippen molar-refractivity contribution in [3.8, 4) is 23.0 Å². The Labute approximate surface area is 160 Å². The fourth-order valence-electron chi connectivity index (χ4n) is 2.78. The van der Waals surface area contributed by atoms with Gasteiger partial charge in [-0.3, -0.25) is 10.1 Å². The number of para-hydroxylation sites is 2. The number of benzene rings is 2. The molecule has 0 aliphatic heterocycles. The Kier molecular flexibility index (Phi) is 4.67. The number of nitrogens with zero attached hydrogens (tertiary/aromatic N) is 2. The van der Waals surface area contributed by atoms with Crippen LogP contribution in [0.2, 0.25) is 0 Å². The molecule has 142 valence electrons. The van der Waals surface area contributed by atoms with Crippen LogP contribution in [0, 0.1) is 0 Å². The molecule has 0 spiro atoms. The predicted molar refractivity (Wildman–Crippen MR) is 102 cm³/mol. The van der Waals surface area contributed by atoms with Gasteiger partial charge in [-0.1, -0.05) is 29.4 Å². The van der Waals surface area contributed by atoms with E-state index in [0.717, 1.165) is 5.39 Å². The van der Waals surface area contributed by atoms with E-state index in [9.17, 15) is 4.79 Å². The Morgan fingerprint density at radius 3 is 2.71 bits per heavy atom. The van der Waals surface area contributed by atoms with E-state index < -0.39 is 5.91 Å². The van der Waals surface area contributed by atoms with Crippen molar-refractivity contribution < 1.29 is 23.1 Å². The van der Waals surface area contributed by atoms with Gasteiger partial charge in [0.15, 0.2) is 17.1 Å². The number of rotatable bonds is 6. The van der Waals surface area contributed by atoms with Crippen LogP contribution in [0.3, 0.4) is 0 Å². The molecule has 4 aromatic rings. The highest BCUT2D eigenvalue weighted by atomic mass is 16.5. The summed E-state index contributed by atoms with van der Waals surface area (Å²) < 4.78 is 22.0. The third kappa shape index (κ3) is 3.27. The average molecular weight is 379 g/mol. The van der Waals surface area contributed by atoms with Gasteiger partial charge in [-0.2, -0.15) is 0 Å². The molecule has 28 heavy (non-hydrogen) atoms. The van der Waals surface area contributed by atoms with Crippen LogP contribution in [0.1, 0.15) is 17.5 Å². The molecular weight excluding hydrogens is 362 g/mol. The summed E-state index contributed by atoms with van der Waals surface area (Å²) in [5.74, 6) is 1.00. The highest BCUT2D eigenvalue weighted by molar-refractivity contribution is 6.04. The lowest BCUT2D eigenvalue weighted by atomic mass is 10.2. The number of hydrogen-bond acceptors (Lipinski definition) is 7. The van der Waals surface area contributed by atoms with Gasteiger partial charge in [0, 0.05) is 5.39 Å². The molecule has 2 aromatic heterocycles. The summed E-state index contributed by atoms with van der Waals surface area (Å²) in [4.78, 5) is 12.5. The number of hydrogen-bond donors (Lipinski definition) is 1. The van der Waals surface area contributed by atoms with Gasteiger partial charge in [0.25, 0.3) is 11.8 Å². The van der Waals surface area contributed by atoms with E-state index in [1.54, 1.807) is 31.4 Å². The average Bonchev–Trinajstić information content (AvgIpc) is 3.36. The molecule has 8 heteroatoms. The summed E-state index contributed by atoms with van der Waals surface area (Å²) in [6, 6.07) is 14.3. The van der Waals surface area contributed by atoms with Gasteiger partial charge in [-0.15, -0.1) is 5.10 Å². The number of carbonyl (C=O) groups is 1. The van der Waals surface area contributed by atoms with Crippen molar-refractivity contribution in [3.05, 3.63) is 54.3 Å². The largest absolute Gasteiger partial charge is 0.496 e. The number of nitrogens with one attached hydrogen (secondary N) is 1. The number of ether oxygens (including phenoxy) is 2. The van der Waals surface area contributed by atoms with E-state index in [4.69, 9.17) is 18.3 Å². The zero-order chi connectivity index (χ0) is 19.5. The Hall–Kier alpha value is -3.81. The number of fused-ring (bicyclic) bond motifs is 1. The molecule has 0 aliphatic rings. The fraction of sp³-hybridized carbons (Fsp3) is 0.150. The van der Waals surface area contributed by atoms with E-state index in [-0.39, 0.29) is 17.7 Å². The van der Waals surface area contributed by atoms with E-state index in [2.05, 4.69) is 15.5 Å². The van der Waals surface area contributed by atoms with Crippen molar-refractivity contribution in [2.45, 2.75) is 6.92 Å². The third-order valence-corrected chi connectivity index (χ3v) is 4.01. The first-order valence-corrected chi connectivity index (χ1v) is 8.63. The predicted octanol–water partition coefficient (Wildman–Crippen LogP) is 4.14. The maximum atomic E-state index is 12.5. The van der Waals surface area contributed by atoms with Gasteiger partial charge in [0.2, 0.25) is 0 Å². The molecule has 2 aromatic carbocycles. The van der Waals surface area contributed by atoms with Gasteiger partial charge in [0.1, 0.15) is 5.75 Å². The smallest absolute Gasteiger partial charge is 0.322 e. The van der Waals surface area contributed by atoms with Crippen molar-refractivity contribution in [2.24, 2.45) is 0 Å². The molecule has 8 nitrogen and oxygen atoms in total. The van der Waals surface area contributed by atoms with Crippen LogP contribution in [0.5, 0.6) is 11.5 Å². The summed E-state index contributed by atoms with van der Waals surface area (Å²) >= 11 is 0. The Bertz CT molecular complexity index is 1130. The molecule has 0 saturated carbocycles. The highest BCUT2D eigenvalue weighted by Gasteiger charge is 2.19. The molecule has 0 unspecified atom stereocenters. The standard InChI is InChI=1S/C20H17N3O5/c1-3-26-15-10-6-7-12-11-16(27-17(12)15)18(24)21-20-23-22-19(28-20)13-8-4-5-9-14(13)25-2/h4-11H,3H2,1-2H3,(H,21,23,24). The Balaban J connectivity index is 1.57. The molecule has 1 N–H and O–H groups in total. The van der Waals surface area contributed by atoms with Crippen LogP contribution in [-0.2, 0) is 0 Å². The summed E-state index contributed by atoms with van der Waals surface area (Å²) in [5.41, 5.74) is 1.14. The van der Waals surface area contributed by atoms with E-state index >= 15 is 0 Å². The lowest BCUT2D eigenvalue weighted by Crippen LogP contribution is -2.11. The van der Waals surface area contributed by atoms with Crippen molar-refractivity contribution in [1.82, 2.24) is 10.2 Å². The number of anilines is 1. The van der Waals surface area contributed by atoms with Crippen molar-refractivity contribution in [3.63, 3.8) is 0 Å². The molecule has 0 radical (unpaired) electrons. The SMILES string of the molecule is CCOc1cccc2cc(C(=O)Nc3nnc(-c4ccccc4OC)o3)oc12. The van der Waals surface area contributed by atoms with Gasteiger partial charge < -0.3 is 18.3 Å². The molecule has 0 bridgehead atoms. The highest BCUT2D eigenvalue weighted by Crippen LogP contribution is 2.31. The van der Waals surface area contributed by atoms with Crippen molar-refractivity contribution >= 4 is 22.9 Å². The van der Waals surface area contributed by atoms with E-state index in [1.165, 1.54) is 0 Å². The quantitative estimate of drug-likeness (QED) is 0.537. The van der Waals surface area contributed by atoms with Crippen molar-refractivity contribution in [2.75, 3.05) is 19.0 Å². The van der Waals surface area contributed by atoms with Gasteiger partial charge >= 0.3 is 6.01 Å². The Morgan fingerprint density at radius 2 is 1.89 bits per heavy atom. The normalized spacial score (nSPS) is 10.8. The number of methoxy groups -OCH3 is 1. The van der Waals surface area contributed by atoms with Crippen LogP contribution in [-0.4, -0.2) is 29.8 Å². The number of carbonyl (C=O) groups excluding carboxylic acids is 1. The number of furan rings is 1. The van der Waals surface area contributed by atoms with Crippen LogP contribution < -0.4 is 14.8 Å². The topological polar surface area (TPSA) is 99.6 Å². The molecule has 0 atom stereocenters. The maximum absolute atomic E-state index is 12.5. The van der Waals surface area contributed by atoms with Crippen LogP contribution >= 0.6 is 0 Å². The van der Waals surface area contributed by atoms with E-state index in [0.29, 0.717) is 29.3 Å². The zero-order valence-electron chi connectivity index (χ0n) is 15.3. The Morgan fingerprint density at radius 1 is 1.07 bits per heavy atom. The second-order valence-electron chi connectivity index (χ2n) is 5.78. The second kappa shape index (κ2) is 7.43. The molecule has 0 fully saturated rings. The van der Waals surface area contributed by atoms with Crippen molar-refractivity contribution in [1.29, 1.82) is 0 Å². The maximum Gasteiger partial charge on any atom is 0.322 e. The minimum atomic E-state index is -0.506. The monoisotopic (exact) mass is 379 g/mol. The first-order chi connectivity index (χ1) is 13.7. The number of amides is 1.